The van der Waals surface area contributed by atoms with Gasteiger partial charge in [0.15, 0.2) is 0 Å². The zero-order valence-electron chi connectivity index (χ0n) is 7.98. The Morgan fingerprint density at radius 3 is 1.38 bits per heavy atom. The van der Waals surface area contributed by atoms with E-state index in [9.17, 15) is 0 Å². The van der Waals surface area contributed by atoms with Crippen LogP contribution in [-0.4, -0.2) is 0 Å². The summed E-state index contributed by atoms with van der Waals surface area (Å²) >= 11 is 19.1. The van der Waals surface area contributed by atoms with Crippen LogP contribution < -0.4 is 0 Å². The number of hydrogen-bond donors (Lipinski definition) is 0. The highest BCUT2D eigenvalue weighted by atomic mass is 79.9. The van der Waals surface area contributed by atoms with Gasteiger partial charge in [-0.1, -0.05) is 67.2 Å². The fourth-order valence-corrected chi connectivity index (χ4v) is 2.97. The molecule has 2 rings (SSSR count). The first kappa shape index (κ1) is 12.4. The van der Waals surface area contributed by atoms with Crippen molar-refractivity contribution in [3.8, 4) is 11.1 Å². The van der Waals surface area contributed by atoms with Crippen LogP contribution in [0.1, 0.15) is 0 Å². The zero-order valence-corrected chi connectivity index (χ0v) is 12.7. The van der Waals surface area contributed by atoms with E-state index in [4.69, 9.17) is 23.2 Å². The molecule has 0 aliphatic carbocycles. The average molecular weight is 381 g/mol. The van der Waals surface area contributed by atoms with Gasteiger partial charge in [-0.25, -0.2) is 0 Å². The van der Waals surface area contributed by atoms with Crippen molar-refractivity contribution in [2.24, 2.45) is 0 Å². The molecule has 0 fully saturated rings. The molecule has 0 aliphatic rings. The lowest BCUT2D eigenvalue weighted by atomic mass is 10.1. The molecule has 16 heavy (non-hydrogen) atoms. The smallest absolute Gasteiger partial charge is 0.0496 e. The van der Waals surface area contributed by atoms with Gasteiger partial charge < -0.3 is 0 Å². The average Bonchev–Trinajstić information content (AvgIpc) is 2.19. The molecule has 4 heteroatoms. The maximum atomic E-state index is 6.18. The molecule has 0 N–H and O–H groups in total. The van der Waals surface area contributed by atoms with Gasteiger partial charge >= 0.3 is 0 Å². The van der Waals surface area contributed by atoms with Gasteiger partial charge in [-0.15, -0.1) is 0 Å². The van der Waals surface area contributed by atoms with Crippen LogP contribution in [0.25, 0.3) is 11.1 Å². The Hall–Kier alpha value is -0.0200. The third-order valence-corrected chi connectivity index (χ3v) is 3.76. The highest BCUT2D eigenvalue weighted by Crippen LogP contribution is 2.35. The Morgan fingerprint density at radius 1 is 0.688 bits per heavy atom. The molecule has 0 aromatic heterocycles. The molecule has 0 atom stereocenters. The quantitative estimate of drug-likeness (QED) is 0.553. The molecule has 0 bridgehead atoms. The summed E-state index contributed by atoms with van der Waals surface area (Å²) in [5.41, 5.74) is 1.87. The molecule has 0 nitrogen and oxygen atoms in total. The zero-order chi connectivity index (χ0) is 11.7. The summed E-state index contributed by atoms with van der Waals surface area (Å²) in [6.07, 6.45) is 0. The van der Waals surface area contributed by atoms with Gasteiger partial charge in [-0.3, -0.25) is 0 Å². The lowest BCUT2D eigenvalue weighted by Crippen LogP contribution is -1.81. The summed E-state index contributed by atoms with van der Waals surface area (Å²) < 4.78 is 1.91. The van der Waals surface area contributed by atoms with Gasteiger partial charge in [0, 0.05) is 30.1 Å². The van der Waals surface area contributed by atoms with Gasteiger partial charge in [0.05, 0.1) is 0 Å². The molecular formula is C12H6Br2Cl2. The third kappa shape index (κ3) is 2.62. The fourth-order valence-electron chi connectivity index (χ4n) is 1.42. The van der Waals surface area contributed by atoms with E-state index in [0.29, 0.717) is 10.0 Å². The molecule has 0 spiro atoms. The summed E-state index contributed by atoms with van der Waals surface area (Å²) in [5, 5.41) is 1.36. The second kappa shape index (κ2) is 5.09. The monoisotopic (exact) mass is 378 g/mol. The highest BCUT2D eigenvalue weighted by Gasteiger charge is 2.08. The molecule has 0 unspecified atom stereocenters. The van der Waals surface area contributed by atoms with E-state index in [1.54, 1.807) is 0 Å². The Kier molecular flexibility index (Phi) is 3.96. The Balaban J connectivity index is 2.59. The molecule has 0 saturated heterocycles. The minimum atomic E-state index is 0.679. The number of benzene rings is 2. The number of halogens is 4. The Morgan fingerprint density at radius 2 is 1.06 bits per heavy atom. The second-order valence-corrected chi connectivity index (χ2v) is 5.89. The van der Waals surface area contributed by atoms with Crippen molar-refractivity contribution in [2.75, 3.05) is 0 Å². The van der Waals surface area contributed by atoms with Crippen LogP contribution in [0, 0.1) is 0 Å². The SMILES string of the molecule is Clc1cc(Br)ccc1-c1ccc(Br)cc1Cl. The predicted molar refractivity (Wildman–Crippen MR) is 77.3 cm³/mol. The molecule has 2 aromatic carbocycles. The summed E-state index contributed by atoms with van der Waals surface area (Å²) in [6, 6.07) is 11.5. The van der Waals surface area contributed by atoms with Crippen LogP contribution in [-0.2, 0) is 0 Å². The van der Waals surface area contributed by atoms with Crippen LogP contribution in [0.2, 0.25) is 10.0 Å². The predicted octanol–water partition coefficient (Wildman–Crippen LogP) is 6.19. The van der Waals surface area contributed by atoms with Crippen LogP contribution >= 0.6 is 55.1 Å². The van der Waals surface area contributed by atoms with Crippen molar-refractivity contribution in [3.63, 3.8) is 0 Å². The van der Waals surface area contributed by atoms with E-state index in [2.05, 4.69) is 31.9 Å². The van der Waals surface area contributed by atoms with E-state index in [1.165, 1.54) is 0 Å². The molecule has 0 amide bonds. The first-order valence-corrected chi connectivity index (χ1v) is 6.82. The highest BCUT2D eigenvalue weighted by molar-refractivity contribution is 9.10. The van der Waals surface area contributed by atoms with Gasteiger partial charge in [-0.2, -0.15) is 0 Å². The largest absolute Gasteiger partial charge is 0.0836 e. The van der Waals surface area contributed by atoms with Gasteiger partial charge in [0.1, 0.15) is 0 Å². The summed E-state index contributed by atoms with van der Waals surface area (Å²) in [6.45, 7) is 0. The number of hydrogen-bond acceptors (Lipinski definition) is 0. The topological polar surface area (TPSA) is 0 Å². The molecule has 0 saturated carbocycles. The van der Waals surface area contributed by atoms with Crippen LogP contribution in [0.15, 0.2) is 45.3 Å². The standard InChI is InChI=1S/C12H6Br2Cl2/c13-7-1-3-9(11(15)5-7)10-4-2-8(14)6-12(10)16/h1-6H. The third-order valence-electron chi connectivity index (χ3n) is 2.15. The molecule has 2 aromatic rings. The van der Waals surface area contributed by atoms with Gasteiger partial charge in [0.2, 0.25) is 0 Å². The molecule has 0 heterocycles. The van der Waals surface area contributed by atoms with E-state index in [1.807, 2.05) is 36.4 Å². The summed E-state index contributed by atoms with van der Waals surface area (Å²) in [5.74, 6) is 0. The van der Waals surface area contributed by atoms with Crippen molar-refractivity contribution in [1.82, 2.24) is 0 Å². The first-order chi connectivity index (χ1) is 7.58. The van der Waals surface area contributed by atoms with E-state index in [0.717, 1.165) is 20.1 Å². The van der Waals surface area contributed by atoms with Crippen molar-refractivity contribution >= 4 is 55.1 Å². The maximum absolute atomic E-state index is 6.18. The Bertz CT molecular complexity index is 489. The normalized spacial score (nSPS) is 10.5. The van der Waals surface area contributed by atoms with Crippen LogP contribution in [0.3, 0.4) is 0 Å². The van der Waals surface area contributed by atoms with Gasteiger partial charge in [0.25, 0.3) is 0 Å². The van der Waals surface area contributed by atoms with Crippen molar-refractivity contribution in [1.29, 1.82) is 0 Å². The fraction of sp³-hybridized carbons (Fsp3) is 0. The van der Waals surface area contributed by atoms with Crippen LogP contribution in [0.4, 0.5) is 0 Å². The Labute approximate surface area is 121 Å². The van der Waals surface area contributed by atoms with E-state index in [-0.39, 0.29) is 0 Å². The minimum Gasteiger partial charge on any atom is -0.0836 e. The molecular weight excluding hydrogens is 375 g/mol. The van der Waals surface area contributed by atoms with Gasteiger partial charge in [-0.05, 0) is 24.3 Å². The molecule has 82 valence electrons. The lowest BCUT2D eigenvalue weighted by molar-refractivity contribution is 1.57. The van der Waals surface area contributed by atoms with Crippen molar-refractivity contribution in [2.45, 2.75) is 0 Å². The second-order valence-electron chi connectivity index (χ2n) is 3.25. The maximum Gasteiger partial charge on any atom is 0.0496 e. The summed E-state index contributed by atoms with van der Waals surface area (Å²) in [7, 11) is 0. The van der Waals surface area contributed by atoms with Crippen LogP contribution in [0.5, 0.6) is 0 Å². The van der Waals surface area contributed by atoms with Crippen molar-refractivity contribution < 1.29 is 0 Å². The van der Waals surface area contributed by atoms with Crippen molar-refractivity contribution in [3.05, 3.63) is 55.4 Å². The first-order valence-electron chi connectivity index (χ1n) is 4.48. The summed E-state index contributed by atoms with van der Waals surface area (Å²) in [4.78, 5) is 0. The minimum absolute atomic E-state index is 0.679. The number of rotatable bonds is 1. The molecule has 0 radical (unpaired) electrons. The van der Waals surface area contributed by atoms with E-state index < -0.39 is 0 Å². The van der Waals surface area contributed by atoms with E-state index >= 15 is 0 Å². The lowest BCUT2D eigenvalue weighted by Gasteiger charge is -2.07. The molecule has 0 aliphatic heterocycles.